The van der Waals surface area contributed by atoms with Gasteiger partial charge in [-0.3, -0.25) is 0 Å². The Morgan fingerprint density at radius 2 is 0.479 bits per heavy atom. The summed E-state index contributed by atoms with van der Waals surface area (Å²) < 4.78 is 78.7. The van der Waals surface area contributed by atoms with E-state index in [-0.39, 0.29) is 17.9 Å². The number of ether oxygens (including phenoxy) is 16. The summed E-state index contributed by atoms with van der Waals surface area (Å²) >= 11 is 0. The molecule has 0 aromatic heterocycles. The second kappa shape index (κ2) is 52.2. The van der Waals surface area contributed by atoms with Crippen molar-refractivity contribution in [2.75, 3.05) is 0 Å². The quantitative estimate of drug-likeness (QED) is 0.0432. The summed E-state index contributed by atoms with van der Waals surface area (Å²) in [7, 11) is 0. The molecule has 8 saturated heterocycles. The van der Waals surface area contributed by atoms with Gasteiger partial charge in [0.15, 0.2) is 67.1 Å². The maximum atomic E-state index is 12.0. The minimum atomic E-state index is -1.12. The van der Waals surface area contributed by atoms with Crippen molar-refractivity contribution in [2.24, 2.45) is 5.92 Å². The number of esters is 16. The van der Waals surface area contributed by atoms with Crippen molar-refractivity contribution >= 4 is 95.5 Å². The Hall–Kier alpha value is -10.8. The summed E-state index contributed by atoms with van der Waals surface area (Å²) in [6, 6.07) is 28.2. The summed E-state index contributed by atoms with van der Waals surface area (Å²) in [5.74, 6) is -7.24. The third-order valence-electron chi connectivity index (χ3n) is 18.5. The van der Waals surface area contributed by atoms with Gasteiger partial charge in [0.1, 0.15) is 0 Å². The van der Waals surface area contributed by atoms with Crippen LogP contribution in [0.3, 0.4) is 0 Å². The molecule has 0 spiro atoms. The summed E-state index contributed by atoms with van der Waals surface area (Å²) in [5, 5.41) is 0. The summed E-state index contributed by atoms with van der Waals surface area (Å²) in [6.07, 6.45) is 6.71. The highest BCUT2D eigenvalue weighted by atomic mass is 16.7. The van der Waals surface area contributed by atoms with Crippen LogP contribution in [0, 0.1) is 5.92 Å². The zero-order valence-corrected chi connectivity index (χ0v) is 70.8. The van der Waals surface area contributed by atoms with Gasteiger partial charge in [0.25, 0.3) is 0 Å². The van der Waals surface area contributed by atoms with E-state index < -0.39 is 181 Å². The van der Waals surface area contributed by atoms with Crippen molar-refractivity contribution in [1.29, 1.82) is 0 Å². The van der Waals surface area contributed by atoms with E-state index in [0.717, 1.165) is 107 Å². The van der Waals surface area contributed by atoms with E-state index in [1.165, 1.54) is 62.3 Å². The average Bonchev–Trinajstić information content (AvgIpc) is 0.819. The number of cyclic esters (lactones) is 16. The van der Waals surface area contributed by atoms with Crippen molar-refractivity contribution in [3.63, 3.8) is 0 Å². The van der Waals surface area contributed by atoms with E-state index >= 15 is 0 Å². The number of hydrogen-bond acceptors (Lipinski definition) is 32. The number of carbonyl (C=O) groups excluding carboxylic acids is 16. The average molecular weight is 1680 g/mol. The molecule has 15 atom stereocenters. The molecule has 0 radical (unpaired) electrons. The van der Waals surface area contributed by atoms with Gasteiger partial charge in [0.05, 0.1) is 0 Å². The Labute approximate surface area is 694 Å². The summed E-state index contributed by atoms with van der Waals surface area (Å²) in [5.41, 5.74) is 1.67. The van der Waals surface area contributed by atoms with Crippen molar-refractivity contribution in [1.82, 2.24) is 0 Å². The SMILES string of the molecule is CC1OC(=O)C(C(C)C)OC1=O.CC1OC(=O)C(C)(C)OC1=O.CC1OC(=O)C(C)OC1=O.CC1OC(=O)C(Cc2ccccc2)OC1=O.CCCCC1OC(=O)C(C)OC1=O.CCCCCCC1OC(=O)C(C)OC1=O.CCCCCCC1OC(=O)C(CCCCCC)OC1=O.O=C1OC(Cc2ccccc2)C(=O)OC1Cc1ccccc1. The Morgan fingerprint density at radius 1 is 0.252 bits per heavy atom. The monoisotopic (exact) mass is 1670 g/mol. The zero-order valence-electron chi connectivity index (χ0n) is 70.8. The molecule has 11 rings (SSSR count). The highest BCUT2D eigenvalue weighted by molar-refractivity contribution is 5.92. The fraction of sp³-hybridized carbons (Fsp3) is 0.609. The molecule has 32 heteroatoms. The molecule has 15 unspecified atom stereocenters. The number of carbonyl (C=O) groups is 16. The van der Waals surface area contributed by atoms with Gasteiger partial charge in [0, 0.05) is 25.2 Å². The summed E-state index contributed by atoms with van der Waals surface area (Å²) in [6.45, 7) is 25.5. The van der Waals surface area contributed by atoms with Gasteiger partial charge < -0.3 is 75.8 Å². The Balaban J connectivity index is 0.000000290. The normalized spacial score (nSPS) is 25.9. The third kappa shape index (κ3) is 35.7. The Bertz CT molecular complexity index is 3690. The van der Waals surface area contributed by atoms with Crippen LogP contribution in [0.5, 0.6) is 0 Å². The first-order valence-corrected chi connectivity index (χ1v) is 40.9. The minimum Gasteiger partial charge on any atom is -0.448 e. The van der Waals surface area contributed by atoms with Crippen LogP contribution in [0.2, 0.25) is 0 Å². The molecule has 8 aliphatic rings. The van der Waals surface area contributed by atoms with E-state index in [0.29, 0.717) is 44.9 Å². The fourth-order valence-corrected chi connectivity index (χ4v) is 11.4. The van der Waals surface area contributed by atoms with Crippen LogP contribution in [-0.4, -0.2) is 193 Å². The van der Waals surface area contributed by atoms with Crippen LogP contribution < -0.4 is 0 Å². The first kappa shape index (κ1) is 101. The van der Waals surface area contributed by atoms with Crippen LogP contribution in [0.25, 0.3) is 0 Å². The zero-order chi connectivity index (χ0) is 88.5. The molecule has 0 N–H and O–H groups in total. The summed E-state index contributed by atoms with van der Waals surface area (Å²) in [4.78, 5) is 180. The van der Waals surface area contributed by atoms with E-state index in [2.05, 4.69) is 30.2 Å². The largest absolute Gasteiger partial charge is 0.448 e. The fourth-order valence-electron chi connectivity index (χ4n) is 11.4. The molecular formula is C87H118O32. The Morgan fingerprint density at radius 3 is 0.782 bits per heavy atom. The van der Waals surface area contributed by atoms with Crippen LogP contribution in [-0.2, 0) is 172 Å². The first-order chi connectivity index (χ1) is 56.4. The van der Waals surface area contributed by atoms with Crippen LogP contribution in [0.4, 0.5) is 0 Å². The van der Waals surface area contributed by atoms with Gasteiger partial charge in [-0.25, -0.2) is 76.7 Å². The lowest BCUT2D eigenvalue weighted by Gasteiger charge is -2.30. The molecule has 3 aromatic rings. The molecule has 119 heavy (non-hydrogen) atoms. The molecule has 8 fully saturated rings. The van der Waals surface area contributed by atoms with E-state index in [1.54, 1.807) is 13.8 Å². The predicted octanol–water partition coefficient (Wildman–Crippen LogP) is 10.6. The molecule has 32 nitrogen and oxygen atoms in total. The highest BCUT2D eigenvalue weighted by Gasteiger charge is 2.44. The van der Waals surface area contributed by atoms with Gasteiger partial charge in [-0.05, 0) is 130 Å². The van der Waals surface area contributed by atoms with Crippen LogP contribution >= 0.6 is 0 Å². The molecule has 0 aliphatic carbocycles. The maximum Gasteiger partial charge on any atom is 0.350 e. The van der Waals surface area contributed by atoms with Crippen LogP contribution in [0.15, 0.2) is 91.0 Å². The second-order valence-corrected chi connectivity index (χ2v) is 29.8. The smallest absolute Gasteiger partial charge is 0.350 e. The number of benzene rings is 3. The Kier molecular flexibility index (Phi) is 44.1. The van der Waals surface area contributed by atoms with Crippen molar-refractivity contribution in [3.8, 4) is 0 Å². The molecule has 8 aliphatic heterocycles. The second-order valence-electron chi connectivity index (χ2n) is 29.8. The number of rotatable bonds is 25. The molecule has 0 bridgehead atoms. The van der Waals surface area contributed by atoms with Crippen molar-refractivity contribution < 1.29 is 153 Å². The van der Waals surface area contributed by atoms with E-state index in [4.69, 9.17) is 66.3 Å². The van der Waals surface area contributed by atoms with E-state index in [1.807, 2.05) is 97.9 Å². The molecular weight excluding hydrogens is 1560 g/mol. The van der Waals surface area contributed by atoms with Crippen LogP contribution in [0.1, 0.15) is 236 Å². The molecule has 8 heterocycles. The first-order valence-electron chi connectivity index (χ1n) is 40.9. The standard InChI is InChI=1S/C18H16O4.C16H28O4.C12H12O4.C11H18O4.C9H14O4.C8H12O4.C7H10O4.C6H8O4/c19-17-15(11-13-7-3-1-4-8-13)21-18(20)16(22-17)12-14-9-5-2-6-10-14;1-3-5-7-9-11-13-15(17)20-14(16(18)19-13)12-10-8-6-4-2;1-8-11(13)16-10(12(14)15-8)7-9-5-3-2-4-6-9;1-3-4-5-6-7-9-11(13)14-8(2)10(12)15-9;1-3-4-5-7-9(11)12-6(2)8(10)13-7;1-4(2)6-8(10)11-5(3)7(9)12-6;1-4-5(8)11-7(2,3)6(9)10-4;1-3-5(7)10-4(2)6(8)9-3/h1-10,15-16H,11-12H2;13-14H,3-12H2,1-2H3;2-6,8,10H,7H2,1H3;8-9H,3-7H2,1-2H3;6-7H,3-5H2,1-2H3;4-6H,1-3H3;4H,1-3H3;3-4H,1-2H3. The van der Waals surface area contributed by atoms with Crippen molar-refractivity contribution in [2.45, 2.75) is 336 Å². The number of hydrogen-bond donors (Lipinski definition) is 0. The highest BCUT2D eigenvalue weighted by Crippen LogP contribution is 2.25. The molecule has 0 saturated carbocycles. The predicted molar refractivity (Wildman–Crippen MR) is 419 cm³/mol. The van der Waals surface area contributed by atoms with Gasteiger partial charge in [-0.2, -0.15) is 0 Å². The molecule has 0 amide bonds. The van der Waals surface area contributed by atoms with E-state index in [9.17, 15) is 76.7 Å². The lowest BCUT2D eigenvalue weighted by atomic mass is 10.0. The molecule has 658 valence electrons. The third-order valence-corrected chi connectivity index (χ3v) is 18.5. The van der Waals surface area contributed by atoms with Gasteiger partial charge >= 0.3 is 95.5 Å². The van der Waals surface area contributed by atoms with Crippen molar-refractivity contribution in [3.05, 3.63) is 108 Å². The maximum absolute atomic E-state index is 12.0. The van der Waals surface area contributed by atoms with Gasteiger partial charge in [-0.15, -0.1) is 0 Å². The lowest BCUT2D eigenvalue weighted by Crippen LogP contribution is -2.49. The lowest BCUT2D eigenvalue weighted by molar-refractivity contribution is -0.204. The van der Waals surface area contributed by atoms with Gasteiger partial charge in [-0.1, -0.05) is 197 Å². The minimum absolute atomic E-state index is 0.0334. The molecule has 3 aromatic carbocycles. The van der Waals surface area contributed by atoms with Gasteiger partial charge in [0.2, 0.25) is 30.0 Å². The number of unbranched alkanes of at least 4 members (excludes halogenated alkanes) is 10. The topological polar surface area (TPSA) is 421 Å².